The SMILES string of the molecule is CCOC(=O)N1CCC(Oc2ncnc(Oc3ccc(C4COS(=O)OC4)cc3)c2C)CC1. The molecule has 2 aliphatic heterocycles. The van der Waals surface area contributed by atoms with Gasteiger partial charge in [0.15, 0.2) is 0 Å². The molecule has 3 heterocycles. The van der Waals surface area contributed by atoms with Crippen LogP contribution in [-0.4, -0.2) is 64.2 Å². The van der Waals surface area contributed by atoms with Crippen LogP contribution in [0.2, 0.25) is 0 Å². The van der Waals surface area contributed by atoms with Crippen LogP contribution in [0, 0.1) is 6.92 Å². The number of piperidine rings is 1. The number of carbonyl (C=O) groups excluding carboxylic acids is 1. The van der Waals surface area contributed by atoms with Crippen LogP contribution in [0.25, 0.3) is 0 Å². The van der Waals surface area contributed by atoms with Gasteiger partial charge in [0, 0.05) is 31.8 Å². The molecule has 2 aromatic rings. The number of ether oxygens (including phenoxy) is 3. The highest BCUT2D eigenvalue weighted by Gasteiger charge is 2.26. The summed E-state index contributed by atoms with van der Waals surface area (Å²) in [6.45, 7) is 5.86. The zero-order chi connectivity index (χ0) is 23.2. The maximum Gasteiger partial charge on any atom is 0.409 e. The van der Waals surface area contributed by atoms with Gasteiger partial charge in [-0.15, -0.1) is 0 Å². The predicted molar refractivity (Wildman–Crippen MR) is 118 cm³/mol. The number of amides is 1. The summed E-state index contributed by atoms with van der Waals surface area (Å²) in [4.78, 5) is 22.1. The van der Waals surface area contributed by atoms with E-state index in [0.29, 0.717) is 68.8 Å². The highest BCUT2D eigenvalue weighted by Crippen LogP contribution is 2.30. The molecule has 10 nitrogen and oxygen atoms in total. The number of benzene rings is 1. The third kappa shape index (κ3) is 5.98. The molecule has 4 rings (SSSR count). The number of hydrogen-bond acceptors (Lipinski definition) is 9. The van der Waals surface area contributed by atoms with E-state index in [1.807, 2.05) is 31.2 Å². The third-order valence-corrected chi connectivity index (χ3v) is 6.19. The van der Waals surface area contributed by atoms with Crippen molar-refractivity contribution >= 4 is 17.5 Å². The van der Waals surface area contributed by atoms with E-state index in [0.717, 1.165) is 5.56 Å². The van der Waals surface area contributed by atoms with Gasteiger partial charge in [-0.1, -0.05) is 12.1 Å². The molecule has 1 aromatic heterocycles. The van der Waals surface area contributed by atoms with E-state index in [4.69, 9.17) is 22.6 Å². The first-order valence-corrected chi connectivity index (χ1v) is 11.9. The van der Waals surface area contributed by atoms with E-state index in [1.165, 1.54) is 6.33 Å². The quantitative estimate of drug-likeness (QED) is 0.619. The Kier molecular flexibility index (Phi) is 7.73. The minimum absolute atomic E-state index is 0.0211. The summed E-state index contributed by atoms with van der Waals surface area (Å²) in [6, 6.07) is 7.53. The van der Waals surface area contributed by atoms with Crippen LogP contribution in [0.3, 0.4) is 0 Å². The molecule has 1 aromatic carbocycles. The summed E-state index contributed by atoms with van der Waals surface area (Å²) in [6.07, 6.45) is 2.47. The smallest absolute Gasteiger partial charge is 0.409 e. The maximum absolute atomic E-state index is 11.9. The molecule has 2 aliphatic rings. The number of carbonyl (C=O) groups is 1. The van der Waals surface area contributed by atoms with Crippen LogP contribution in [0.4, 0.5) is 4.79 Å². The summed E-state index contributed by atoms with van der Waals surface area (Å²) >= 11 is -1.65. The van der Waals surface area contributed by atoms with Crippen molar-refractivity contribution in [3.05, 3.63) is 41.7 Å². The van der Waals surface area contributed by atoms with Gasteiger partial charge in [0.25, 0.3) is 0 Å². The number of likely N-dealkylation sites (tertiary alicyclic amines) is 1. The molecule has 0 aliphatic carbocycles. The Morgan fingerprint density at radius 2 is 1.79 bits per heavy atom. The first kappa shape index (κ1) is 23.4. The lowest BCUT2D eigenvalue weighted by molar-refractivity contribution is 0.0684. The van der Waals surface area contributed by atoms with Crippen LogP contribution in [0.1, 0.15) is 36.8 Å². The van der Waals surface area contributed by atoms with E-state index in [9.17, 15) is 9.00 Å². The van der Waals surface area contributed by atoms with E-state index < -0.39 is 11.4 Å². The third-order valence-electron chi connectivity index (χ3n) is 5.53. The Balaban J connectivity index is 1.35. The maximum atomic E-state index is 11.9. The zero-order valence-corrected chi connectivity index (χ0v) is 19.4. The normalized spacial score (nSPS) is 21.5. The van der Waals surface area contributed by atoms with Crippen LogP contribution in [-0.2, 0) is 24.5 Å². The average Bonchev–Trinajstić information content (AvgIpc) is 2.83. The molecule has 0 saturated carbocycles. The topological polar surface area (TPSA) is 109 Å². The Morgan fingerprint density at radius 3 is 2.45 bits per heavy atom. The summed E-state index contributed by atoms with van der Waals surface area (Å²) in [5, 5.41) is 0. The zero-order valence-electron chi connectivity index (χ0n) is 18.6. The van der Waals surface area contributed by atoms with Gasteiger partial charge < -0.3 is 19.1 Å². The second-order valence-corrected chi connectivity index (χ2v) is 8.63. The summed E-state index contributed by atoms with van der Waals surface area (Å²) < 4.78 is 38.4. The molecule has 11 heteroatoms. The lowest BCUT2D eigenvalue weighted by Crippen LogP contribution is -2.42. The predicted octanol–water partition coefficient (Wildman–Crippen LogP) is 3.29. The van der Waals surface area contributed by atoms with Crippen LogP contribution in [0.15, 0.2) is 30.6 Å². The van der Waals surface area contributed by atoms with Gasteiger partial charge in [-0.05, 0) is 31.5 Å². The number of rotatable bonds is 6. The molecule has 1 amide bonds. The second kappa shape index (κ2) is 10.9. The fraction of sp³-hybridized carbons (Fsp3) is 0.500. The Labute approximate surface area is 195 Å². The number of nitrogens with zero attached hydrogens (tertiary/aromatic N) is 3. The molecule has 0 radical (unpaired) electrons. The number of aromatic nitrogens is 2. The minimum Gasteiger partial charge on any atom is -0.474 e. The standard InChI is InChI=1S/C22H27N3O7S/c1-3-28-22(26)25-10-8-19(9-11-25)32-21-15(2)20(23-14-24-21)31-18-6-4-16(5-7-18)17-12-29-33(27)30-13-17/h4-7,14,17,19H,3,8-13H2,1-2H3. The molecular weight excluding hydrogens is 450 g/mol. The van der Waals surface area contributed by atoms with E-state index in [-0.39, 0.29) is 18.1 Å². The Bertz CT molecular complexity index is 970. The van der Waals surface area contributed by atoms with Crippen molar-refractivity contribution in [3.8, 4) is 17.5 Å². The summed E-state index contributed by atoms with van der Waals surface area (Å²) in [5.41, 5.74) is 1.71. The van der Waals surface area contributed by atoms with Gasteiger partial charge in [0.2, 0.25) is 11.8 Å². The largest absolute Gasteiger partial charge is 0.474 e. The molecule has 2 fully saturated rings. The lowest BCUT2D eigenvalue weighted by Gasteiger charge is -2.31. The minimum atomic E-state index is -1.65. The molecule has 33 heavy (non-hydrogen) atoms. The van der Waals surface area contributed by atoms with Gasteiger partial charge in [0.1, 0.15) is 18.2 Å². The average molecular weight is 478 g/mol. The highest BCUT2D eigenvalue weighted by molar-refractivity contribution is 7.75. The van der Waals surface area contributed by atoms with Gasteiger partial charge in [-0.3, -0.25) is 8.37 Å². The van der Waals surface area contributed by atoms with Crippen LogP contribution >= 0.6 is 0 Å². The van der Waals surface area contributed by atoms with Crippen LogP contribution < -0.4 is 9.47 Å². The Morgan fingerprint density at radius 1 is 1.12 bits per heavy atom. The van der Waals surface area contributed by atoms with Crippen LogP contribution in [0.5, 0.6) is 17.5 Å². The molecule has 0 bridgehead atoms. The van der Waals surface area contributed by atoms with Gasteiger partial charge in [-0.25, -0.2) is 14.8 Å². The highest BCUT2D eigenvalue weighted by atomic mass is 32.2. The fourth-order valence-corrected chi connectivity index (χ4v) is 4.26. The fourth-order valence-electron chi connectivity index (χ4n) is 3.64. The van der Waals surface area contributed by atoms with Crippen molar-refractivity contribution in [2.75, 3.05) is 32.9 Å². The molecule has 2 saturated heterocycles. The molecule has 0 unspecified atom stereocenters. The van der Waals surface area contributed by atoms with Crippen molar-refractivity contribution < 1.29 is 31.6 Å². The van der Waals surface area contributed by atoms with Crippen molar-refractivity contribution in [3.63, 3.8) is 0 Å². The van der Waals surface area contributed by atoms with E-state index >= 15 is 0 Å². The molecule has 178 valence electrons. The van der Waals surface area contributed by atoms with Crippen molar-refractivity contribution in [2.45, 2.75) is 38.7 Å². The monoisotopic (exact) mass is 477 g/mol. The first-order chi connectivity index (χ1) is 16.0. The van der Waals surface area contributed by atoms with E-state index in [1.54, 1.807) is 11.8 Å². The van der Waals surface area contributed by atoms with E-state index in [2.05, 4.69) is 9.97 Å². The number of hydrogen-bond donors (Lipinski definition) is 0. The molecule has 0 N–H and O–H groups in total. The molecular formula is C22H27N3O7S. The van der Waals surface area contributed by atoms with Gasteiger partial charge in [0.05, 0.1) is 25.4 Å². The Hall–Kier alpha value is -2.76. The lowest BCUT2D eigenvalue weighted by atomic mass is 10.0. The summed E-state index contributed by atoms with van der Waals surface area (Å²) in [7, 11) is 0. The first-order valence-electron chi connectivity index (χ1n) is 10.9. The van der Waals surface area contributed by atoms with Gasteiger partial charge in [-0.2, -0.15) is 4.21 Å². The second-order valence-electron chi connectivity index (χ2n) is 7.75. The van der Waals surface area contributed by atoms with Gasteiger partial charge >= 0.3 is 17.5 Å². The van der Waals surface area contributed by atoms with Crippen molar-refractivity contribution in [2.24, 2.45) is 0 Å². The van der Waals surface area contributed by atoms with Crippen molar-refractivity contribution in [1.82, 2.24) is 14.9 Å². The summed E-state index contributed by atoms with van der Waals surface area (Å²) in [5.74, 6) is 1.52. The molecule has 0 atom stereocenters. The van der Waals surface area contributed by atoms with Crippen molar-refractivity contribution in [1.29, 1.82) is 0 Å². The molecule has 0 spiro atoms.